The predicted molar refractivity (Wildman–Crippen MR) is 145 cm³/mol. The lowest BCUT2D eigenvalue weighted by molar-refractivity contribution is 0.102. The molecule has 0 radical (unpaired) electrons. The van der Waals surface area contributed by atoms with Gasteiger partial charge in [-0.25, -0.2) is 0 Å². The summed E-state index contributed by atoms with van der Waals surface area (Å²) < 4.78 is 5.97. The summed E-state index contributed by atoms with van der Waals surface area (Å²) in [5.74, 6) is 1.07. The van der Waals surface area contributed by atoms with Crippen molar-refractivity contribution in [3.8, 4) is 0 Å². The van der Waals surface area contributed by atoms with E-state index in [-0.39, 0.29) is 18.3 Å². The molecule has 0 aliphatic carbocycles. The number of fused-ring (bicyclic) bond motifs is 1. The molecule has 4 aromatic rings. The summed E-state index contributed by atoms with van der Waals surface area (Å²) in [7, 11) is 0. The molecule has 7 heteroatoms. The maximum absolute atomic E-state index is 12.4. The van der Waals surface area contributed by atoms with E-state index in [1.54, 1.807) is 11.5 Å². The summed E-state index contributed by atoms with van der Waals surface area (Å²) in [6.45, 7) is 7.22. The standard InChI is InChI=1S/C27H28N4OS.ClH/c1-20-19-21(11-12-24(20)28-27(32)22-7-3-2-4-8-22)13-14-30-15-17-31(18-16-30)26-23-9-5-6-10-25(23)33-29-26;/h2-12,19H,13-18H2,1H3,(H,28,32);1H. The Kier molecular flexibility index (Phi) is 7.83. The molecule has 1 saturated heterocycles. The van der Waals surface area contributed by atoms with Crippen molar-refractivity contribution in [3.63, 3.8) is 0 Å². The topological polar surface area (TPSA) is 48.5 Å². The van der Waals surface area contributed by atoms with Gasteiger partial charge in [0.25, 0.3) is 5.91 Å². The zero-order chi connectivity index (χ0) is 22.6. The van der Waals surface area contributed by atoms with Crippen LogP contribution < -0.4 is 10.2 Å². The highest BCUT2D eigenvalue weighted by molar-refractivity contribution is 7.13. The molecule has 0 bridgehead atoms. The summed E-state index contributed by atoms with van der Waals surface area (Å²) in [5, 5.41) is 4.30. The van der Waals surface area contributed by atoms with Gasteiger partial charge in [-0.2, -0.15) is 4.37 Å². The van der Waals surface area contributed by atoms with Gasteiger partial charge in [0.15, 0.2) is 0 Å². The minimum atomic E-state index is -0.0720. The van der Waals surface area contributed by atoms with Gasteiger partial charge in [-0.3, -0.25) is 9.69 Å². The Bertz CT molecular complexity index is 1250. The molecule has 0 saturated carbocycles. The molecular weight excluding hydrogens is 464 g/mol. The van der Waals surface area contributed by atoms with Gasteiger partial charge in [0.2, 0.25) is 0 Å². The number of aryl methyl sites for hydroxylation is 1. The second-order valence-corrected chi connectivity index (χ2v) is 9.36. The number of anilines is 2. The number of benzene rings is 3. The van der Waals surface area contributed by atoms with Gasteiger partial charge in [0.1, 0.15) is 5.82 Å². The molecule has 2 heterocycles. The number of rotatable bonds is 6. The fraction of sp³-hybridized carbons (Fsp3) is 0.259. The zero-order valence-electron chi connectivity index (χ0n) is 19.2. The molecule has 5 nitrogen and oxygen atoms in total. The average molecular weight is 493 g/mol. The van der Waals surface area contributed by atoms with Crippen LogP contribution in [0.15, 0.2) is 72.8 Å². The van der Waals surface area contributed by atoms with Crippen molar-refractivity contribution in [1.29, 1.82) is 0 Å². The monoisotopic (exact) mass is 492 g/mol. The van der Waals surface area contributed by atoms with E-state index in [1.807, 2.05) is 36.4 Å². The van der Waals surface area contributed by atoms with E-state index in [0.717, 1.165) is 56.2 Å². The van der Waals surface area contributed by atoms with Gasteiger partial charge in [-0.15, -0.1) is 12.4 Å². The molecule has 1 aliphatic rings. The molecule has 1 aromatic heterocycles. The van der Waals surface area contributed by atoms with Crippen LogP contribution in [0.3, 0.4) is 0 Å². The van der Waals surface area contributed by atoms with Gasteiger partial charge >= 0.3 is 0 Å². The molecule has 3 aromatic carbocycles. The third-order valence-corrected chi connectivity index (χ3v) is 7.14. The minimum Gasteiger partial charge on any atom is -0.353 e. The quantitative estimate of drug-likeness (QED) is 0.378. The number of piperazine rings is 1. The SMILES string of the molecule is Cc1cc(CCN2CCN(c3nsc4ccccc34)CC2)ccc1NC(=O)c1ccccc1.Cl. The number of nitrogens with one attached hydrogen (secondary N) is 1. The van der Waals surface area contributed by atoms with Crippen LogP contribution in [0, 0.1) is 6.92 Å². The lowest BCUT2D eigenvalue weighted by Crippen LogP contribution is -2.47. The Morgan fingerprint density at radius 2 is 1.71 bits per heavy atom. The number of amides is 1. The number of hydrogen-bond donors (Lipinski definition) is 1. The van der Waals surface area contributed by atoms with Crippen LogP contribution in [0.5, 0.6) is 0 Å². The molecule has 5 rings (SSSR count). The summed E-state index contributed by atoms with van der Waals surface area (Å²) >= 11 is 1.59. The third kappa shape index (κ3) is 5.41. The van der Waals surface area contributed by atoms with E-state index in [4.69, 9.17) is 4.37 Å². The molecule has 0 unspecified atom stereocenters. The van der Waals surface area contributed by atoms with Gasteiger partial charge in [0.05, 0.1) is 4.70 Å². The lowest BCUT2D eigenvalue weighted by atomic mass is 10.1. The van der Waals surface area contributed by atoms with Gasteiger partial charge < -0.3 is 10.2 Å². The summed E-state index contributed by atoms with van der Waals surface area (Å²) in [5.41, 5.74) is 3.94. The Hall–Kier alpha value is -2.93. The van der Waals surface area contributed by atoms with Gasteiger partial charge in [0, 0.05) is 49.4 Å². The number of aromatic nitrogens is 1. The van der Waals surface area contributed by atoms with Crippen molar-refractivity contribution in [1.82, 2.24) is 9.27 Å². The highest BCUT2D eigenvalue weighted by atomic mass is 35.5. The molecule has 34 heavy (non-hydrogen) atoms. The third-order valence-electron chi connectivity index (χ3n) is 6.32. The first-order chi connectivity index (χ1) is 16.2. The van der Waals surface area contributed by atoms with Crippen LogP contribution >= 0.6 is 23.9 Å². The number of hydrogen-bond acceptors (Lipinski definition) is 5. The van der Waals surface area contributed by atoms with E-state index >= 15 is 0 Å². The van der Waals surface area contributed by atoms with Crippen LogP contribution in [-0.2, 0) is 6.42 Å². The van der Waals surface area contributed by atoms with E-state index in [2.05, 4.69) is 58.4 Å². The average Bonchev–Trinajstić information content (AvgIpc) is 3.29. The molecule has 176 valence electrons. The predicted octanol–water partition coefficient (Wildman–Crippen LogP) is 5.64. The molecular formula is C27H29ClN4OS. The van der Waals surface area contributed by atoms with Crippen molar-refractivity contribution in [3.05, 3.63) is 89.5 Å². The molecule has 1 N–H and O–H groups in total. The normalized spacial score (nSPS) is 14.1. The van der Waals surface area contributed by atoms with Crippen molar-refractivity contribution >= 4 is 51.4 Å². The molecule has 1 aliphatic heterocycles. The second kappa shape index (κ2) is 11.0. The summed E-state index contributed by atoms with van der Waals surface area (Å²) in [6.07, 6.45) is 1.01. The van der Waals surface area contributed by atoms with Crippen molar-refractivity contribution in [2.45, 2.75) is 13.3 Å². The Morgan fingerprint density at radius 3 is 2.47 bits per heavy atom. The van der Waals surface area contributed by atoms with Crippen molar-refractivity contribution in [2.24, 2.45) is 0 Å². The maximum atomic E-state index is 12.4. The lowest BCUT2D eigenvalue weighted by Gasteiger charge is -2.35. The highest BCUT2D eigenvalue weighted by Crippen LogP contribution is 2.29. The first-order valence-corrected chi connectivity index (χ1v) is 12.2. The zero-order valence-corrected chi connectivity index (χ0v) is 20.9. The second-order valence-electron chi connectivity index (χ2n) is 8.55. The van der Waals surface area contributed by atoms with Crippen molar-refractivity contribution < 1.29 is 4.79 Å². The molecule has 0 spiro atoms. The fourth-order valence-corrected chi connectivity index (χ4v) is 5.17. The number of carbonyl (C=O) groups is 1. The number of carbonyl (C=O) groups excluding carboxylic acids is 1. The van der Waals surface area contributed by atoms with E-state index in [0.29, 0.717) is 5.56 Å². The van der Waals surface area contributed by atoms with Crippen LogP contribution in [0.1, 0.15) is 21.5 Å². The number of nitrogens with zero attached hydrogens (tertiary/aromatic N) is 3. The number of halogens is 1. The van der Waals surface area contributed by atoms with Crippen molar-refractivity contribution in [2.75, 3.05) is 42.9 Å². The summed E-state index contributed by atoms with van der Waals surface area (Å²) in [4.78, 5) is 17.4. The van der Waals surface area contributed by atoms with Crippen LogP contribution in [-0.4, -0.2) is 47.9 Å². The first-order valence-electron chi connectivity index (χ1n) is 11.4. The van der Waals surface area contributed by atoms with Crippen LogP contribution in [0.25, 0.3) is 10.1 Å². The van der Waals surface area contributed by atoms with Crippen LogP contribution in [0.4, 0.5) is 11.5 Å². The Morgan fingerprint density at radius 1 is 0.971 bits per heavy atom. The molecule has 1 fully saturated rings. The smallest absolute Gasteiger partial charge is 0.255 e. The van der Waals surface area contributed by atoms with Crippen LogP contribution in [0.2, 0.25) is 0 Å². The minimum absolute atomic E-state index is 0. The highest BCUT2D eigenvalue weighted by Gasteiger charge is 2.20. The maximum Gasteiger partial charge on any atom is 0.255 e. The van der Waals surface area contributed by atoms with E-state index < -0.39 is 0 Å². The Labute approximate surface area is 211 Å². The largest absolute Gasteiger partial charge is 0.353 e. The fourth-order valence-electron chi connectivity index (χ4n) is 4.38. The van der Waals surface area contributed by atoms with Gasteiger partial charge in [-0.1, -0.05) is 42.5 Å². The van der Waals surface area contributed by atoms with E-state index in [9.17, 15) is 4.79 Å². The van der Waals surface area contributed by atoms with E-state index in [1.165, 1.54) is 15.6 Å². The molecule has 0 atom stereocenters. The summed E-state index contributed by atoms with van der Waals surface area (Å²) in [6, 6.07) is 24.2. The Balaban J connectivity index is 0.00000274. The first kappa shape index (κ1) is 24.2. The molecule has 1 amide bonds. The van der Waals surface area contributed by atoms with Gasteiger partial charge in [-0.05, 0) is 66.3 Å².